The van der Waals surface area contributed by atoms with Crippen LogP contribution in [0.3, 0.4) is 0 Å². The molecule has 8 heteroatoms. The molecule has 194 valence electrons. The number of likely N-dealkylation sites (N-methyl/N-ethyl adjacent to an activating group) is 1. The van der Waals surface area contributed by atoms with Gasteiger partial charge in [-0.05, 0) is 56.6 Å². The molecule has 2 fully saturated rings. The van der Waals surface area contributed by atoms with Gasteiger partial charge in [-0.2, -0.15) is 0 Å². The number of rotatable bonds is 5. The summed E-state index contributed by atoms with van der Waals surface area (Å²) in [6, 6.07) is 5.50. The third-order valence-electron chi connectivity index (χ3n) is 7.63. The van der Waals surface area contributed by atoms with E-state index in [2.05, 4.69) is 24.1 Å². The number of nitrogens with one attached hydrogen (secondary N) is 1. The summed E-state index contributed by atoms with van der Waals surface area (Å²) in [6.45, 7) is 8.86. The number of carbonyl (C=O) groups is 2. The Balaban J connectivity index is 1.58. The lowest BCUT2D eigenvalue weighted by Crippen LogP contribution is -2.48. The van der Waals surface area contributed by atoms with Crippen LogP contribution >= 0.6 is 0 Å². The summed E-state index contributed by atoms with van der Waals surface area (Å²) in [5.74, 6) is 1.40. The third-order valence-corrected chi connectivity index (χ3v) is 7.63. The molecule has 2 aliphatic heterocycles. The molecule has 0 unspecified atom stereocenters. The van der Waals surface area contributed by atoms with Gasteiger partial charge in [0.05, 0.1) is 11.7 Å². The number of carbonyl (C=O) groups excluding carboxylic acids is 2. The number of hydrogen-bond acceptors (Lipinski definition) is 6. The number of methoxy groups -OCH3 is 1. The highest BCUT2D eigenvalue weighted by Gasteiger charge is 2.31. The molecule has 3 aliphatic rings. The van der Waals surface area contributed by atoms with E-state index >= 15 is 0 Å². The molecule has 1 N–H and O–H groups in total. The number of nitrogens with zero attached hydrogens (tertiary/aromatic N) is 2. The normalized spacial score (nSPS) is 27.4. The van der Waals surface area contributed by atoms with Gasteiger partial charge in [-0.3, -0.25) is 14.5 Å². The predicted octanol–water partition coefficient (Wildman–Crippen LogP) is 3.27. The average molecular weight is 488 g/mol. The van der Waals surface area contributed by atoms with Crippen molar-refractivity contribution in [3.05, 3.63) is 23.8 Å². The smallest absolute Gasteiger partial charge is 0.257 e. The van der Waals surface area contributed by atoms with Crippen molar-refractivity contribution in [3.8, 4) is 5.75 Å². The lowest BCUT2D eigenvalue weighted by Gasteiger charge is -2.38. The van der Waals surface area contributed by atoms with Gasteiger partial charge in [0.2, 0.25) is 5.91 Å². The molecule has 1 aromatic rings. The van der Waals surface area contributed by atoms with E-state index in [4.69, 9.17) is 14.2 Å². The first-order valence-corrected chi connectivity index (χ1v) is 13.0. The van der Waals surface area contributed by atoms with E-state index in [9.17, 15) is 9.59 Å². The van der Waals surface area contributed by atoms with Crippen LogP contribution in [0.1, 0.15) is 49.9 Å². The number of ether oxygens (including phenoxy) is 3. The highest BCUT2D eigenvalue weighted by molar-refractivity contribution is 5.99. The fourth-order valence-corrected chi connectivity index (χ4v) is 5.03. The third kappa shape index (κ3) is 6.74. The predicted molar refractivity (Wildman–Crippen MR) is 135 cm³/mol. The molecule has 0 radical (unpaired) electrons. The first kappa shape index (κ1) is 25.9. The van der Waals surface area contributed by atoms with Crippen LogP contribution in [0, 0.1) is 17.8 Å². The fourth-order valence-electron chi connectivity index (χ4n) is 5.03. The van der Waals surface area contributed by atoms with Crippen LogP contribution in [0.2, 0.25) is 0 Å². The molecule has 4 rings (SSSR count). The Morgan fingerprint density at radius 3 is 2.57 bits per heavy atom. The Morgan fingerprint density at radius 2 is 1.89 bits per heavy atom. The minimum atomic E-state index is -0.110. The maximum absolute atomic E-state index is 13.4. The zero-order valence-corrected chi connectivity index (χ0v) is 21.6. The van der Waals surface area contributed by atoms with Gasteiger partial charge < -0.3 is 24.4 Å². The van der Waals surface area contributed by atoms with Crippen molar-refractivity contribution < 1.29 is 23.8 Å². The number of benzene rings is 1. The van der Waals surface area contributed by atoms with Crippen LogP contribution in [0.15, 0.2) is 18.2 Å². The zero-order valence-electron chi connectivity index (χ0n) is 21.6. The number of hydrogen-bond donors (Lipinski definition) is 1. The number of amides is 2. The van der Waals surface area contributed by atoms with Crippen molar-refractivity contribution in [2.75, 3.05) is 58.9 Å². The summed E-state index contributed by atoms with van der Waals surface area (Å²) in [6.07, 6.45) is 3.97. The van der Waals surface area contributed by atoms with Gasteiger partial charge in [-0.25, -0.2) is 0 Å². The quantitative estimate of drug-likeness (QED) is 0.687. The molecule has 3 atom stereocenters. The lowest BCUT2D eigenvalue weighted by atomic mass is 9.96. The highest BCUT2D eigenvalue weighted by atomic mass is 16.5. The van der Waals surface area contributed by atoms with E-state index in [1.807, 2.05) is 7.05 Å². The maximum atomic E-state index is 13.4. The van der Waals surface area contributed by atoms with Gasteiger partial charge in [0, 0.05) is 70.7 Å². The van der Waals surface area contributed by atoms with Crippen LogP contribution in [-0.2, 0) is 14.3 Å². The Morgan fingerprint density at radius 1 is 1.14 bits per heavy atom. The van der Waals surface area contributed by atoms with E-state index in [1.165, 1.54) is 0 Å². The van der Waals surface area contributed by atoms with Gasteiger partial charge in [-0.1, -0.05) is 6.92 Å². The van der Waals surface area contributed by atoms with E-state index in [0.717, 1.165) is 52.0 Å². The van der Waals surface area contributed by atoms with Crippen molar-refractivity contribution in [1.82, 2.24) is 9.80 Å². The standard InChI is InChI=1S/C27H41N3O5/c1-18-14-30(15-20-9-11-34-12-10-20)19(2)17-35-24-13-22(28-26(31)21-5-6-21)7-8-23(24)27(32)29(3)16-25(18)33-4/h7-8,13,18-21,25H,5-6,9-12,14-17H2,1-4H3,(H,28,31)/t18-,19-,25-/m0/s1. The maximum Gasteiger partial charge on any atom is 0.257 e. The molecular formula is C27H41N3O5. The molecule has 0 spiro atoms. The largest absolute Gasteiger partial charge is 0.491 e. The van der Waals surface area contributed by atoms with Crippen molar-refractivity contribution in [2.45, 2.75) is 51.7 Å². The molecule has 1 saturated heterocycles. The Kier molecular flexibility index (Phi) is 8.68. The van der Waals surface area contributed by atoms with Crippen molar-refractivity contribution in [1.29, 1.82) is 0 Å². The minimum absolute atomic E-state index is 0.0366. The molecule has 0 bridgehead atoms. The lowest BCUT2D eigenvalue weighted by molar-refractivity contribution is -0.117. The van der Waals surface area contributed by atoms with Crippen LogP contribution < -0.4 is 10.1 Å². The molecule has 0 aromatic heterocycles. The van der Waals surface area contributed by atoms with Gasteiger partial charge in [-0.15, -0.1) is 0 Å². The van der Waals surface area contributed by atoms with Crippen LogP contribution in [0.4, 0.5) is 5.69 Å². The van der Waals surface area contributed by atoms with Crippen LogP contribution in [0.25, 0.3) is 0 Å². The second-order valence-corrected chi connectivity index (χ2v) is 10.6. The van der Waals surface area contributed by atoms with Crippen LogP contribution in [0.5, 0.6) is 5.75 Å². The Labute approximate surface area is 209 Å². The van der Waals surface area contributed by atoms with Gasteiger partial charge in [0.1, 0.15) is 12.4 Å². The van der Waals surface area contributed by atoms with Crippen molar-refractivity contribution >= 4 is 17.5 Å². The molecule has 1 aliphatic carbocycles. The molecule has 2 heterocycles. The van der Waals surface area contributed by atoms with Gasteiger partial charge in [0.15, 0.2) is 0 Å². The molecule has 1 saturated carbocycles. The number of fused-ring (bicyclic) bond motifs is 1. The highest BCUT2D eigenvalue weighted by Crippen LogP contribution is 2.32. The second-order valence-electron chi connectivity index (χ2n) is 10.6. The Hall–Kier alpha value is -2.16. The average Bonchev–Trinajstić information content (AvgIpc) is 3.71. The molecule has 1 aromatic carbocycles. The summed E-state index contributed by atoms with van der Waals surface area (Å²) in [5, 5.41) is 2.98. The van der Waals surface area contributed by atoms with Gasteiger partial charge >= 0.3 is 0 Å². The summed E-state index contributed by atoms with van der Waals surface area (Å²) in [5.41, 5.74) is 1.17. The van der Waals surface area contributed by atoms with E-state index in [1.54, 1.807) is 30.2 Å². The second kappa shape index (κ2) is 11.7. The zero-order chi connectivity index (χ0) is 24.9. The first-order valence-electron chi connectivity index (χ1n) is 13.0. The number of anilines is 1. The van der Waals surface area contributed by atoms with E-state index < -0.39 is 0 Å². The molecule has 8 nitrogen and oxygen atoms in total. The molecular weight excluding hydrogens is 446 g/mol. The Bertz CT molecular complexity index is 884. The summed E-state index contributed by atoms with van der Waals surface area (Å²) < 4.78 is 17.7. The van der Waals surface area contributed by atoms with E-state index in [0.29, 0.717) is 36.1 Å². The summed E-state index contributed by atoms with van der Waals surface area (Å²) >= 11 is 0. The monoisotopic (exact) mass is 487 g/mol. The fraction of sp³-hybridized carbons (Fsp3) is 0.704. The van der Waals surface area contributed by atoms with Crippen molar-refractivity contribution in [2.24, 2.45) is 17.8 Å². The summed E-state index contributed by atoms with van der Waals surface area (Å²) in [7, 11) is 3.53. The SMILES string of the molecule is CO[C@H]1CN(C)C(=O)c2ccc(NC(=O)C3CC3)cc2OC[C@H](C)N(CC2CCOCC2)C[C@@H]1C. The summed E-state index contributed by atoms with van der Waals surface area (Å²) in [4.78, 5) is 29.9. The first-order chi connectivity index (χ1) is 16.9. The van der Waals surface area contributed by atoms with E-state index in [-0.39, 0.29) is 35.8 Å². The van der Waals surface area contributed by atoms with Gasteiger partial charge in [0.25, 0.3) is 5.91 Å². The van der Waals surface area contributed by atoms with Crippen LogP contribution in [-0.4, -0.2) is 87.4 Å². The molecule has 35 heavy (non-hydrogen) atoms. The van der Waals surface area contributed by atoms with Crippen molar-refractivity contribution in [3.63, 3.8) is 0 Å². The minimum Gasteiger partial charge on any atom is -0.491 e. The topological polar surface area (TPSA) is 80.3 Å². The molecule has 2 amide bonds.